The minimum absolute atomic E-state index is 0.0322. The molecule has 1 aliphatic rings. The summed E-state index contributed by atoms with van der Waals surface area (Å²) in [6.07, 6.45) is 4.10. The smallest absolute Gasteiger partial charge is 0.328 e. The number of piperidine rings is 1. The Morgan fingerprint density at radius 2 is 1.79 bits per heavy atom. The van der Waals surface area contributed by atoms with Gasteiger partial charge in [-0.1, -0.05) is 54.6 Å². The molecule has 0 radical (unpaired) electrons. The number of hydrazone groups is 1. The molecule has 2 aromatic rings. The van der Waals surface area contributed by atoms with Crippen LogP contribution < -0.4 is 22.6 Å². The lowest BCUT2D eigenvalue weighted by Crippen LogP contribution is -2.59. The van der Waals surface area contributed by atoms with Gasteiger partial charge in [0.25, 0.3) is 0 Å². The summed E-state index contributed by atoms with van der Waals surface area (Å²) in [6, 6.07) is 16.4. The number of amidine groups is 1. The van der Waals surface area contributed by atoms with Crippen LogP contribution in [-0.4, -0.2) is 59.3 Å². The van der Waals surface area contributed by atoms with Crippen LogP contribution in [-0.2, 0) is 32.0 Å². The highest BCUT2D eigenvalue weighted by molar-refractivity contribution is 5.93. The SMILES string of the molecule is CCOC(=O)C1CC(c2ccccc2CC/C(N)=N/N)CCN1C(=O)[C@@H](CCCc1ccccc1)NC(=O)C(C)(C)N. The molecule has 7 N–H and O–H groups in total. The number of nitrogens with one attached hydrogen (secondary N) is 1. The molecule has 1 heterocycles. The van der Waals surface area contributed by atoms with Crippen molar-refractivity contribution in [1.82, 2.24) is 10.2 Å². The van der Waals surface area contributed by atoms with E-state index in [1.54, 1.807) is 25.7 Å². The first-order chi connectivity index (χ1) is 20.0. The number of nitrogens with two attached hydrogens (primary N) is 3. The summed E-state index contributed by atoms with van der Waals surface area (Å²) in [4.78, 5) is 41.8. The van der Waals surface area contributed by atoms with Crippen LogP contribution in [0, 0.1) is 0 Å². The van der Waals surface area contributed by atoms with Crippen LogP contribution in [0.2, 0.25) is 0 Å². The molecule has 10 heteroatoms. The summed E-state index contributed by atoms with van der Waals surface area (Å²) < 4.78 is 5.44. The molecular weight excluding hydrogens is 532 g/mol. The van der Waals surface area contributed by atoms with Crippen molar-refractivity contribution in [3.8, 4) is 0 Å². The Kier molecular flexibility index (Phi) is 11.9. The monoisotopic (exact) mass is 578 g/mol. The Balaban J connectivity index is 1.83. The van der Waals surface area contributed by atoms with E-state index in [1.165, 1.54) is 0 Å². The first kappa shape index (κ1) is 32.6. The number of likely N-dealkylation sites (tertiary alicyclic amines) is 1. The van der Waals surface area contributed by atoms with Crippen molar-refractivity contribution in [3.63, 3.8) is 0 Å². The maximum absolute atomic E-state index is 14.1. The summed E-state index contributed by atoms with van der Waals surface area (Å²) >= 11 is 0. The van der Waals surface area contributed by atoms with E-state index in [0.717, 1.165) is 23.1 Å². The van der Waals surface area contributed by atoms with Crippen LogP contribution in [0.1, 0.15) is 75.5 Å². The largest absolute Gasteiger partial charge is 0.464 e. The lowest BCUT2D eigenvalue weighted by atomic mass is 9.82. The van der Waals surface area contributed by atoms with Crippen LogP contribution in [0.15, 0.2) is 59.7 Å². The number of carbonyl (C=O) groups excluding carboxylic acids is 3. The summed E-state index contributed by atoms with van der Waals surface area (Å²) in [5.74, 6) is 4.57. The van der Waals surface area contributed by atoms with Crippen LogP contribution in [0.3, 0.4) is 0 Å². The van der Waals surface area contributed by atoms with Crippen molar-refractivity contribution < 1.29 is 19.1 Å². The van der Waals surface area contributed by atoms with Crippen molar-refractivity contribution in [1.29, 1.82) is 0 Å². The van der Waals surface area contributed by atoms with Crippen LogP contribution in [0.4, 0.5) is 0 Å². The molecule has 0 aliphatic carbocycles. The van der Waals surface area contributed by atoms with E-state index in [9.17, 15) is 14.4 Å². The van der Waals surface area contributed by atoms with Gasteiger partial charge >= 0.3 is 5.97 Å². The number of benzene rings is 2. The highest BCUT2D eigenvalue weighted by Crippen LogP contribution is 2.35. The summed E-state index contributed by atoms with van der Waals surface area (Å²) in [6.45, 7) is 5.51. The molecule has 3 rings (SSSR count). The Morgan fingerprint density at radius 1 is 1.10 bits per heavy atom. The zero-order valence-corrected chi connectivity index (χ0v) is 25.1. The van der Waals surface area contributed by atoms with Crippen LogP contribution in [0.25, 0.3) is 0 Å². The van der Waals surface area contributed by atoms with Gasteiger partial charge in [0.2, 0.25) is 11.8 Å². The summed E-state index contributed by atoms with van der Waals surface area (Å²) in [5.41, 5.74) is 14.1. The van der Waals surface area contributed by atoms with E-state index >= 15 is 0 Å². The second kappa shape index (κ2) is 15.3. The standard InChI is InChI=1S/C32H46N6O4/c1-4-42-30(40)27-21-24(25-15-9-8-14-23(25)17-18-28(33)37-35)19-20-38(27)29(39)26(36-31(41)32(2,3)34)16-10-13-22-11-6-5-7-12-22/h5-9,11-12,14-15,24,26-27H,4,10,13,16-21,34-35H2,1-3H3,(H2,33,37)(H,36,41)/t24?,26-,27?/m1/s1. The summed E-state index contributed by atoms with van der Waals surface area (Å²) in [7, 11) is 0. The first-order valence-corrected chi connectivity index (χ1v) is 14.8. The van der Waals surface area contributed by atoms with Gasteiger partial charge in [-0.05, 0) is 81.9 Å². The maximum Gasteiger partial charge on any atom is 0.328 e. The van der Waals surface area contributed by atoms with Crippen molar-refractivity contribution in [2.24, 2.45) is 22.4 Å². The quantitative estimate of drug-likeness (QED) is 0.0932. The molecule has 2 aromatic carbocycles. The van der Waals surface area contributed by atoms with E-state index in [-0.39, 0.29) is 18.4 Å². The Bertz CT molecular complexity index is 1230. The number of carbonyl (C=O) groups is 3. The molecule has 42 heavy (non-hydrogen) atoms. The van der Waals surface area contributed by atoms with Gasteiger partial charge in [0.15, 0.2) is 0 Å². The van der Waals surface area contributed by atoms with Crippen molar-refractivity contribution in [2.75, 3.05) is 13.2 Å². The average molecular weight is 579 g/mol. The number of ether oxygens (including phenoxy) is 1. The van der Waals surface area contributed by atoms with Gasteiger partial charge < -0.3 is 32.3 Å². The Hall–Kier alpha value is -3.92. The fourth-order valence-corrected chi connectivity index (χ4v) is 5.42. The average Bonchev–Trinajstić information content (AvgIpc) is 2.99. The van der Waals surface area contributed by atoms with Crippen molar-refractivity contribution in [3.05, 3.63) is 71.3 Å². The molecule has 1 aliphatic heterocycles. The molecule has 1 fully saturated rings. The van der Waals surface area contributed by atoms with Crippen LogP contribution in [0.5, 0.6) is 0 Å². The molecule has 1 saturated heterocycles. The number of aryl methyl sites for hydroxylation is 2. The molecule has 3 atom stereocenters. The van der Waals surface area contributed by atoms with Gasteiger partial charge in [0.05, 0.1) is 12.1 Å². The normalized spacial score (nSPS) is 18.3. The molecule has 228 valence electrons. The molecule has 0 spiro atoms. The van der Waals surface area contributed by atoms with E-state index in [0.29, 0.717) is 50.9 Å². The predicted molar refractivity (Wildman–Crippen MR) is 164 cm³/mol. The minimum Gasteiger partial charge on any atom is -0.464 e. The lowest BCUT2D eigenvalue weighted by molar-refractivity contribution is -0.158. The zero-order chi connectivity index (χ0) is 30.7. The van der Waals surface area contributed by atoms with Gasteiger partial charge in [0.1, 0.15) is 17.9 Å². The summed E-state index contributed by atoms with van der Waals surface area (Å²) in [5, 5.41) is 6.45. The third kappa shape index (κ3) is 9.04. The maximum atomic E-state index is 14.1. The number of hydrogen-bond acceptors (Lipinski definition) is 7. The molecule has 0 bridgehead atoms. The molecule has 0 aromatic heterocycles. The fraction of sp³-hybridized carbons (Fsp3) is 0.500. The third-order valence-electron chi connectivity index (χ3n) is 7.75. The third-order valence-corrected chi connectivity index (χ3v) is 7.75. The fourth-order valence-electron chi connectivity index (χ4n) is 5.42. The van der Waals surface area contributed by atoms with E-state index in [1.807, 2.05) is 48.5 Å². The highest BCUT2D eigenvalue weighted by Gasteiger charge is 2.41. The number of esters is 1. The van der Waals surface area contributed by atoms with Gasteiger partial charge in [0, 0.05) is 13.0 Å². The van der Waals surface area contributed by atoms with E-state index < -0.39 is 29.5 Å². The van der Waals surface area contributed by atoms with Gasteiger partial charge in [-0.2, -0.15) is 5.10 Å². The van der Waals surface area contributed by atoms with Crippen LogP contribution >= 0.6 is 0 Å². The van der Waals surface area contributed by atoms with E-state index in [2.05, 4.69) is 16.5 Å². The van der Waals surface area contributed by atoms with E-state index in [4.69, 9.17) is 22.0 Å². The Morgan fingerprint density at radius 3 is 2.45 bits per heavy atom. The molecule has 0 saturated carbocycles. The highest BCUT2D eigenvalue weighted by atomic mass is 16.5. The zero-order valence-electron chi connectivity index (χ0n) is 25.1. The molecule has 2 amide bonds. The molecule has 10 nitrogen and oxygen atoms in total. The number of nitrogens with zero attached hydrogens (tertiary/aromatic N) is 2. The first-order valence-electron chi connectivity index (χ1n) is 14.8. The topological polar surface area (TPSA) is 166 Å². The molecule has 2 unspecified atom stereocenters. The lowest BCUT2D eigenvalue weighted by Gasteiger charge is -2.40. The van der Waals surface area contributed by atoms with Crippen molar-refractivity contribution in [2.45, 2.75) is 89.3 Å². The number of rotatable bonds is 13. The Labute approximate surface area is 249 Å². The predicted octanol–water partition coefficient (Wildman–Crippen LogP) is 2.73. The van der Waals surface area contributed by atoms with Gasteiger partial charge in [-0.25, -0.2) is 4.79 Å². The second-order valence-electron chi connectivity index (χ2n) is 11.5. The van der Waals surface area contributed by atoms with Gasteiger partial charge in [-0.3, -0.25) is 9.59 Å². The molecular formula is C32H46N6O4. The second-order valence-corrected chi connectivity index (χ2v) is 11.5. The number of amides is 2. The minimum atomic E-state index is -1.16. The number of hydrogen-bond donors (Lipinski definition) is 4. The van der Waals surface area contributed by atoms with Gasteiger partial charge in [-0.15, -0.1) is 0 Å². The van der Waals surface area contributed by atoms with Crippen molar-refractivity contribution >= 4 is 23.6 Å².